The summed E-state index contributed by atoms with van der Waals surface area (Å²) in [7, 11) is 0. The number of para-hydroxylation sites is 2. The van der Waals surface area contributed by atoms with Crippen LogP contribution in [0, 0.1) is 0 Å². The van der Waals surface area contributed by atoms with Gasteiger partial charge in [-0.15, -0.1) is 0 Å². The average molecular weight is 356 g/mol. The molecule has 0 aliphatic carbocycles. The van der Waals surface area contributed by atoms with Crippen molar-refractivity contribution in [3.05, 3.63) is 60.7 Å². The highest BCUT2D eigenvalue weighted by Gasteiger charge is 2.18. The van der Waals surface area contributed by atoms with Gasteiger partial charge in [0.1, 0.15) is 11.8 Å². The molecule has 0 aliphatic rings. The molecule has 0 heterocycles. The lowest BCUT2D eigenvalue weighted by atomic mass is 10.3. The molecule has 1 atom stereocenters. The predicted molar refractivity (Wildman–Crippen MR) is 95.6 cm³/mol. The Bertz CT molecular complexity index is 734. The lowest BCUT2D eigenvalue weighted by Crippen LogP contribution is -2.42. The molecule has 0 spiro atoms. The fraction of sp³-hybridized carbons (Fsp3) is 0.211. The van der Waals surface area contributed by atoms with E-state index < -0.39 is 30.4 Å². The monoisotopic (exact) mass is 356 g/mol. The lowest BCUT2D eigenvalue weighted by molar-refractivity contribution is -0.150. The summed E-state index contributed by atoms with van der Waals surface area (Å²) >= 11 is 0. The van der Waals surface area contributed by atoms with Crippen molar-refractivity contribution in [2.45, 2.75) is 13.0 Å². The van der Waals surface area contributed by atoms with E-state index in [1.807, 2.05) is 12.1 Å². The number of hydrogen-bond donors (Lipinski definition) is 2. The molecular formula is C19H20N2O5. The molecule has 7 nitrogen and oxygen atoms in total. The molecule has 2 rings (SSSR count). The van der Waals surface area contributed by atoms with Gasteiger partial charge in [-0.1, -0.05) is 36.4 Å². The van der Waals surface area contributed by atoms with Crippen molar-refractivity contribution in [2.75, 3.05) is 18.5 Å². The van der Waals surface area contributed by atoms with Gasteiger partial charge >= 0.3 is 5.97 Å². The summed E-state index contributed by atoms with van der Waals surface area (Å²) in [5, 5.41) is 5.05. The Kier molecular flexibility index (Phi) is 7.17. The fourth-order valence-corrected chi connectivity index (χ4v) is 1.99. The van der Waals surface area contributed by atoms with Gasteiger partial charge in [0.15, 0.2) is 13.2 Å². The van der Waals surface area contributed by atoms with Crippen LogP contribution in [0.3, 0.4) is 0 Å². The summed E-state index contributed by atoms with van der Waals surface area (Å²) < 4.78 is 10.2. The molecule has 2 N–H and O–H groups in total. The van der Waals surface area contributed by atoms with Gasteiger partial charge in [0.05, 0.1) is 0 Å². The van der Waals surface area contributed by atoms with Crippen molar-refractivity contribution in [1.29, 1.82) is 0 Å². The Morgan fingerprint density at radius 2 is 1.50 bits per heavy atom. The molecule has 0 fully saturated rings. The summed E-state index contributed by atoms with van der Waals surface area (Å²) in [6.07, 6.45) is 0. The second-order valence-corrected chi connectivity index (χ2v) is 5.41. The second kappa shape index (κ2) is 9.83. The molecule has 0 bridgehead atoms. The number of benzene rings is 2. The molecule has 0 aromatic heterocycles. The van der Waals surface area contributed by atoms with E-state index in [1.165, 1.54) is 6.92 Å². The molecule has 26 heavy (non-hydrogen) atoms. The van der Waals surface area contributed by atoms with Crippen molar-refractivity contribution < 1.29 is 23.9 Å². The Balaban J connectivity index is 1.68. The first-order valence-electron chi connectivity index (χ1n) is 8.03. The van der Waals surface area contributed by atoms with Crippen molar-refractivity contribution in [1.82, 2.24) is 5.32 Å². The van der Waals surface area contributed by atoms with Gasteiger partial charge in [0.25, 0.3) is 11.8 Å². The van der Waals surface area contributed by atoms with Crippen LogP contribution >= 0.6 is 0 Å². The first-order valence-corrected chi connectivity index (χ1v) is 8.03. The van der Waals surface area contributed by atoms with Crippen molar-refractivity contribution >= 4 is 23.5 Å². The smallest absolute Gasteiger partial charge is 0.328 e. The fourth-order valence-electron chi connectivity index (χ4n) is 1.99. The van der Waals surface area contributed by atoms with E-state index in [0.29, 0.717) is 11.4 Å². The van der Waals surface area contributed by atoms with Gasteiger partial charge in [-0.2, -0.15) is 0 Å². The Morgan fingerprint density at radius 3 is 2.15 bits per heavy atom. The molecule has 2 aromatic carbocycles. The van der Waals surface area contributed by atoms with Crippen LogP contribution in [0.1, 0.15) is 6.92 Å². The molecular weight excluding hydrogens is 336 g/mol. The van der Waals surface area contributed by atoms with Gasteiger partial charge in [-0.25, -0.2) is 4.79 Å². The quantitative estimate of drug-likeness (QED) is 0.703. The number of amides is 2. The Labute approximate surface area is 151 Å². The first-order chi connectivity index (χ1) is 12.5. The van der Waals surface area contributed by atoms with E-state index in [2.05, 4.69) is 10.6 Å². The second-order valence-electron chi connectivity index (χ2n) is 5.41. The average Bonchev–Trinajstić information content (AvgIpc) is 2.66. The maximum atomic E-state index is 11.9. The standard InChI is InChI=1S/C19H20N2O5/c1-14(20-17(22)12-25-16-10-6-3-7-11-16)19(24)26-13-18(23)21-15-8-4-2-5-9-15/h2-11,14H,12-13H2,1H3,(H,20,22)(H,21,23)/t14-/m0/s1. The molecule has 0 aliphatic heterocycles. The van der Waals surface area contributed by atoms with Crippen molar-refractivity contribution in [2.24, 2.45) is 0 Å². The van der Waals surface area contributed by atoms with Crippen molar-refractivity contribution in [3.63, 3.8) is 0 Å². The van der Waals surface area contributed by atoms with Crippen LogP contribution in [-0.2, 0) is 19.1 Å². The van der Waals surface area contributed by atoms with Gasteiger partial charge in [-0.05, 0) is 31.2 Å². The molecule has 2 aromatic rings. The third kappa shape index (κ3) is 6.64. The third-order valence-electron chi connectivity index (χ3n) is 3.25. The first kappa shape index (κ1) is 19.0. The molecule has 2 amide bonds. The van der Waals surface area contributed by atoms with E-state index in [4.69, 9.17) is 9.47 Å². The number of rotatable bonds is 8. The third-order valence-corrected chi connectivity index (χ3v) is 3.25. The molecule has 0 unspecified atom stereocenters. The number of nitrogens with one attached hydrogen (secondary N) is 2. The summed E-state index contributed by atoms with van der Waals surface area (Å²) in [5.41, 5.74) is 0.605. The van der Waals surface area contributed by atoms with Crippen LogP contribution in [0.4, 0.5) is 5.69 Å². The SMILES string of the molecule is C[C@H](NC(=O)COc1ccccc1)C(=O)OCC(=O)Nc1ccccc1. The highest BCUT2D eigenvalue weighted by molar-refractivity contribution is 5.93. The zero-order valence-corrected chi connectivity index (χ0v) is 14.3. The number of carbonyl (C=O) groups is 3. The van der Waals surface area contributed by atoms with Crippen LogP contribution in [0.15, 0.2) is 60.7 Å². The molecule has 136 valence electrons. The minimum absolute atomic E-state index is 0.226. The van der Waals surface area contributed by atoms with Gasteiger partial charge in [0.2, 0.25) is 0 Å². The van der Waals surface area contributed by atoms with Gasteiger partial charge in [0, 0.05) is 5.69 Å². The molecule has 0 saturated heterocycles. The zero-order valence-electron chi connectivity index (χ0n) is 14.3. The normalized spacial score (nSPS) is 11.1. The van der Waals surface area contributed by atoms with E-state index >= 15 is 0 Å². The van der Waals surface area contributed by atoms with Crippen LogP contribution < -0.4 is 15.4 Å². The van der Waals surface area contributed by atoms with E-state index in [-0.39, 0.29) is 6.61 Å². The highest BCUT2D eigenvalue weighted by atomic mass is 16.5. The summed E-state index contributed by atoms with van der Waals surface area (Å²) in [5.74, 6) is -1.08. The number of carbonyl (C=O) groups excluding carboxylic acids is 3. The van der Waals surface area contributed by atoms with Crippen LogP contribution in [0.5, 0.6) is 5.75 Å². The maximum Gasteiger partial charge on any atom is 0.328 e. The van der Waals surface area contributed by atoms with Gasteiger partial charge < -0.3 is 20.1 Å². The number of esters is 1. The molecule has 7 heteroatoms. The topological polar surface area (TPSA) is 93.7 Å². The van der Waals surface area contributed by atoms with Crippen LogP contribution in [-0.4, -0.2) is 37.0 Å². The number of anilines is 1. The van der Waals surface area contributed by atoms with Crippen LogP contribution in [0.2, 0.25) is 0 Å². The molecule has 0 saturated carbocycles. The summed E-state index contributed by atoms with van der Waals surface area (Å²) in [6.45, 7) is 0.808. The van der Waals surface area contributed by atoms with E-state index in [1.54, 1.807) is 48.5 Å². The lowest BCUT2D eigenvalue weighted by Gasteiger charge is -2.14. The van der Waals surface area contributed by atoms with E-state index in [0.717, 1.165) is 0 Å². The van der Waals surface area contributed by atoms with Gasteiger partial charge in [-0.3, -0.25) is 9.59 Å². The summed E-state index contributed by atoms with van der Waals surface area (Å²) in [4.78, 5) is 35.4. The van der Waals surface area contributed by atoms with Crippen molar-refractivity contribution in [3.8, 4) is 5.75 Å². The minimum atomic E-state index is -0.897. The Morgan fingerprint density at radius 1 is 0.885 bits per heavy atom. The zero-order chi connectivity index (χ0) is 18.8. The largest absolute Gasteiger partial charge is 0.484 e. The minimum Gasteiger partial charge on any atom is -0.484 e. The highest BCUT2D eigenvalue weighted by Crippen LogP contribution is 2.07. The maximum absolute atomic E-state index is 11.9. The number of ether oxygens (including phenoxy) is 2. The number of hydrogen-bond acceptors (Lipinski definition) is 5. The Hall–Kier alpha value is -3.35. The predicted octanol–water partition coefficient (Wildman–Crippen LogP) is 1.75. The molecule has 0 radical (unpaired) electrons. The summed E-state index contributed by atoms with van der Waals surface area (Å²) in [6, 6.07) is 16.7. The van der Waals surface area contributed by atoms with E-state index in [9.17, 15) is 14.4 Å². The van der Waals surface area contributed by atoms with Crippen LogP contribution in [0.25, 0.3) is 0 Å².